The van der Waals surface area contributed by atoms with Crippen LogP contribution in [0.15, 0.2) is 40.3 Å². The Morgan fingerprint density at radius 2 is 1.46 bits per heavy atom. The second kappa shape index (κ2) is 4.84. The van der Waals surface area contributed by atoms with Crippen molar-refractivity contribution < 1.29 is 9.47 Å². The summed E-state index contributed by atoms with van der Waals surface area (Å²) in [6, 6.07) is 10.6. The second-order valence-corrected chi connectivity index (χ2v) is 8.72. The van der Waals surface area contributed by atoms with Gasteiger partial charge in [0.25, 0.3) is 0 Å². The molecule has 0 unspecified atom stereocenters. The van der Waals surface area contributed by atoms with Crippen molar-refractivity contribution in [2.75, 3.05) is 13.2 Å². The molecule has 1 saturated carbocycles. The molecule has 0 amide bonds. The Morgan fingerprint density at radius 3 is 2.00 bits per heavy atom. The van der Waals surface area contributed by atoms with E-state index in [4.69, 9.17) is 19.5 Å². The maximum absolute atomic E-state index is 6.03. The van der Waals surface area contributed by atoms with Gasteiger partial charge in [-0.05, 0) is 40.2 Å². The van der Waals surface area contributed by atoms with Crippen molar-refractivity contribution in [1.82, 2.24) is 0 Å². The molecule has 1 fully saturated rings. The molecule has 0 bridgehead atoms. The predicted molar refractivity (Wildman–Crippen MR) is 95.7 cm³/mol. The number of nitrogens with zero attached hydrogens (tertiary/aromatic N) is 2. The Morgan fingerprint density at radius 1 is 0.833 bits per heavy atom. The van der Waals surface area contributed by atoms with Gasteiger partial charge >= 0.3 is 0 Å². The minimum Gasteiger partial charge on any atom is -0.478 e. The van der Waals surface area contributed by atoms with Crippen molar-refractivity contribution in [1.29, 1.82) is 0 Å². The highest BCUT2D eigenvalue weighted by Crippen LogP contribution is 2.67. The summed E-state index contributed by atoms with van der Waals surface area (Å²) in [6.07, 6.45) is 0. The van der Waals surface area contributed by atoms with Crippen molar-refractivity contribution in [2.45, 2.75) is 51.6 Å². The van der Waals surface area contributed by atoms with Crippen LogP contribution < -0.4 is 0 Å². The number of benzene rings is 1. The van der Waals surface area contributed by atoms with E-state index >= 15 is 0 Å². The van der Waals surface area contributed by atoms with Crippen molar-refractivity contribution in [3.8, 4) is 0 Å². The quantitative estimate of drug-likeness (QED) is 0.847. The summed E-state index contributed by atoms with van der Waals surface area (Å²) in [5, 5.41) is 0. The molecule has 4 heteroatoms. The van der Waals surface area contributed by atoms with E-state index in [0.29, 0.717) is 19.1 Å². The minimum atomic E-state index is -0.172. The summed E-state index contributed by atoms with van der Waals surface area (Å²) in [5.41, 5.74) is 0.841. The summed E-state index contributed by atoms with van der Waals surface area (Å²) in [5.74, 6) is 2.24. The van der Waals surface area contributed by atoms with E-state index in [1.807, 2.05) is 0 Å². The molecule has 0 N–H and O–H groups in total. The van der Waals surface area contributed by atoms with Crippen molar-refractivity contribution in [3.63, 3.8) is 0 Å². The minimum absolute atomic E-state index is 0.141. The molecule has 2 aliphatic heterocycles. The Labute approximate surface area is 144 Å². The zero-order valence-corrected chi connectivity index (χ0v) is 15.2. The number of aliphatic imine (C=N–C) groups is 2. The normalized spacial score (nSPS) is 35.7. The third-order valence-corrected chi connectivity index (χ3v) is 5.35. The lowest BCUT2D eigenvalue weighted by Crippen LogP contribution is -2.19. The summed E-state index contributed by atoms with van der Waals surface area (Å²) in [7, 11) is 0. The largest absolute Gasteiger partial charge is 0.478 e. The first-order chi connectivity index (χ1) is 11.2. The molecule has 1 aromatic rings. The smallest absolute Gasteiger partial charge is 0.191 e. The molecule has 0 radical (unpaired) electrons. The lowest BCUT2D eigenvalue weighted by atomic mass is 10.0. The van der Waals surface area contributed by atoms with E-state index in [1.54, 1.807) is 0 Å². The van der Waals surface area contributed by atoms with Gasteiger partial charge in [0.1, 0.15) is 13.2 Å². The summed E-state index contributed by atoms with van der Waals surface area (Å²) < 4.78 is 12.0. The topological polar surface area (TPSA) is 43.2 Å². The monoisotopic (exact) mass is 326 g/mol. The molecule has 1 aromatic carbocycles. The Hall–Kier alpha value is -1.84. The highest BCUT2D eigenvalue weighted by Gasteiger charge is 2.70. The Kier molecular flexibility index (Phi) is 3.16. The first-order valence-electron chi connectivity index (χ1n) is 8.74. The van der Waals surface area contributed by atoms with Gasteiger partial charge in [-0.3, -0.25) is 0 Å². The fourth-order valence-electron chi connectivity index (χ4n) is 4.01. The number of hydrogen-bond acceptors (Lipinski definition) is 4. The second-order valence-electron chi connectivity index (χ2n) is 8.72. The van der Waals surface area contributed by atoms with Gasteiger partial charge in [0.15, 0.2) is 11.8 Å². The van der Waals surface area contributed by atoms with Gasteiger partial charge in [0.05, 0.1) is 22.4 Å². The van der Waals surface area contributed by atoms with Crippen LogP contribution in [0, 0.1) is 11.3 Å². The lowest BCUT2D eigenvalue weighted by Gasteiger charge is -2.11. The van der Waals surface area contributed by atoms with Crippen LogP contribution in [0.5, 0.6) is 0 Å². The molecule has 0 spiro atoms. The maximum atomic E-state index is 6.03. The zero-order valence-electron chi connectivity index (χ0n) is 15.2. The fraction of sp³-hybridized carbons (Fsp3) is 0.600. The summed E-state index contributed by atoms with van der Waals surface area (Å²) in [4.78, 5) is 9.72. The summed E-state index contributed by atoms with van der Waals surface area (Å²) >= 11 is 0. The molecular formula is C20H26N2O2. The maximum Gasteiger partial charge on any atom is 0.191 e. The van der Waals surface area contributed by atoms with Crippen molar-refractivity contribution in [2.24, 2.45) is 21.3 Å². The number of rotatable bonds is 3. The van der Waals surface area contributed by atoms with Crippen LogP contribution in [0.2, 0.25) is 0 Å². The van der Waals surface area contributed by atoms with Crippen LogP contribution in [0.4, 0.5) is 0 Å². The van der Waals surface area contributed by atoms with E-state index < -0.39 is 0 Å². The molecule has 3 atom stereocenters. The SMILES string of the molecule is CC1(C)COC([C@@H]2[C@@H](c3ccccc3)[C@@]2(C)C2=NC(C)(C)CO2)=N1. The first-order valence-corrected chi connectivity index (χ1v) is 8.74. The Balaban J connectivity index is 1.74. The third kappa shape index (κ3) is 2.35. The standard InChI is InChI=1S/C20H26N2O2/c1-18(2)11-23-16(21-18)15-14(13-9-7-6-8-10-13)20(15,5)17-22-19(3,4)12-24-17/h6-10,14-15H,11-12H2,1-5H3/t14-,15+,20-/m1/s1. The van der Waals surface area contributed by atoms with Crippen LogP contribution in [0.1, 0.15) is 46.1 Å². The van der Waals surface area contributed by atoms with E-state index in [2.05, 4.69) is 65.0 Å². The fourth-order valence-corrected chi connectivity index (χ4v) is 4.01. The molecular weight excluding hydrogens is 300 g/mol. The lowest BCUT2D eigenvalue weighted by molar-refractivity contribution is 0.257. The molecule has 2 heterocycles. The zero-order chi connectivity index (χ0) is 17.2. The highest BCUT2D eigenvalue weighted by atomic mass is 16.5. The average Bonchev–Trinajstić information content (AvgIpc) is 2.77. The molecule has 4 nitrogen and oxygen atoms in total. The van der Waals surface area contributed by atoms with Crippen LogP contribution in [-0.2, 0) is 9.47 Å². The van der Waals surface area contributed by atoms with E-state index in [0.717, 1.165) is 11.8 Å². The van der Waals surface area contributed by atoms with Crippen LogP contribution in [0.3, 0.4) is 0 Å². The van der Waals surface area contributed by atoms with Crippen molar-refractivity contribution >= 4 is 11.8 Å². The molecule has 3 aliphatic rings. The first kappa shape index (κ1) is 15.7. The van der Waals surface area contributed by atoms with Crippen LogP contribution in [0.25, 0.3) is 0 Å². The van der Waals surface area contributed by atoms with Crippen molar-refractivity contribution in [3.05, 3.63) is 35.9 Å². The highest BCUT2D eigenvalue weighted by molar-refractivity contribution is 5.99. The molecule has 24 heavy (non-hydrogen) atoms. The van der Waals surface area contributed by atoms with Gasteiger partial charge in [-0.2, -0.15) is 0 Å². The van der Waals surface area contributed by atoms with Gasteiger partial charge in [-0.25, -0.2) is 9.98 Å². The molecule has 4 rings (SSSR count). The molecule has 0 aromatic heterocycles. The van der Waals surface area contributed by atoms with Crippen LogP contribution in [-0.4, -0.2) is 36.1 Å². The molecule has 128 valence electrons. The predicted octanol–water partition coefficient (Wildman–Crippen LogP) is 3.82. The van der Waals surface area contributed by atoms with Gasteiger partial charge in [-0.15, -0.1) is 0 Å². The average molecular weight is 326 g/mol. The number of ether oxygens (including phenoxy) is 2. The third-order valence-electron chi connectivity index (χ3n) is 5.35. The molecule has 1 aliphatic carbocycles. The number of hydrogen-bond donors (Lipinski definition) is 0. The van der Waals surface area contributed by atoms with Crippen LogP contribution >= 0.6 is 0 Å². The van der Waals surface area contributed by atoms with E-state index in [-0.39, 0.29) is 22.4 Å². The van der Waals surface area contributed by atoms with Gasteiger partial charge < -0.3 is 9.47 Å². The van der Waals surface area contributed by atoms with E-state index in [1.165, 1.54) is 5.56 Å². The summed E-state index contributed by atoms with van der Waals surface area (Å²) in [6.45, 7) is 12.0. The molecule has 0 saturated heterocycles. The van der Waals surface area contributed by atoms with E-state index in [9.17, 15) is 0 Å². The van der Waals surface area contributed by atoms with Gasteiger partial charge in [0, 0.05) is 5.92 Å². The van der Waals surface area contributed by atoms with Gasteiger partial charge in [0.2, 0.25) is 0 Å². The van der Waals surface area contributed by atoms with Gasteiger partial charge in [-0.1, -0.05) is 30.3 Å². The Bertz CT molecular complexity index is 720.